The molecule has 0 aliphatic heterocycles. The molecule has 3 rings (SSSR count). The summed E-state index contributed by atoms with van der Waals surface area (Å²) in [6, 6.07) is 14.5. The number of carboxylic acids is 1. The summed E-state index contributed by atoms with van der Waals surface area (Å²) in [5.41, 5.74) is 9.06. The molecule has 1 atom stereocenters. The van der Waals surface area contributed by atoms with Gasteiger partial charge in [0.15, 0.2) is 5.84 Å². The van der Waals surface area contributed by atoms with Crippen LogP contribution >= 0.6 is 11.3 Å². The van der Waals surface area contributed by atoms with Crippen LogP contribution in [0.15, 0.2) is 64.4 Å². The van der Waals surface area contributed by atoms with E-state index in [1.165, 1.54) is 0 Å². The van der Waals surface area contributed by atoms with E-state index in [4.69, 9.17) is 15.2 Å². The van der Waals surface area contributed by atoms with Gasteiger partial charge < -0.3 is 30.3 Å². The molecule has 31 heavy (non-hydrogen) atoms. The van der Waals surface area contributed by atoms with Gasteiger partial charge in [-0.2, -0.15) is 11.3 Å². The van der Waals surface area contributed by atoms with Crippen LogP contribution in [0.4, 0.5) is 0 Å². The second-order valence-electron chi connectivity index (χ2n) is 6.94. The van der Waals surface area contributed by atoms with E-state index in [9.17, 15) is 15.1 Å². The topological polar surface area (TPSA) is 117 Å². The fraction of sp³-hybridized carbons (Fsp3) is 0.217. The second kappa shape index (κ2) is 10.5. The number of hydrogen-bond acceptors (Lipinski definition) is 7. The average Bonchev–Trinajstić information content (AvgIpc) is 3.29. The van der Waals surface area contributed by atoms with Gasteiger partial charge in [0, 0.05) is 12.0 Å². The maximum absolute atomic E-state index is 11.1. The van der Waals surface area contributed by atoms with Gasteiger partial charge in [-0.1, -0.05) is 29.4 Å². The van der Waals surface area contributed by atoms with Crippen molar-refractivity contribution in [2.75, 3.05) is 0 Å². The predicted octanol–water partition coefficient (Wildman–Crippen LogP) is 3.38. The van der Waals surface area contributed by atoms with E-state index in [0.717, 1.165) is 16.7 Å². The number of nitrogens with zero attached hydrogens (tertiary/aromatic N) is 1. The van der Waals surface area contributed by atoms with E-state index in [2.05, 4.69) is 5.16 Å². The Labute approximate surface area is 184 Å². The number of carbonyl (C=O) groups is 1. The van der Waals surface area contributed by atoms with Gasteiger partial charge in [-0.25, -0.2) is 0 Å². The van der Waals surface area contributed by atoms with Crippen molar-refractivity contribution in [2.45, 2.75) is 32.5 Å². The van der Waals surface area contributed by atoms with Gasteiger partial charge >= 0.3 is 0 Å². The highest BCUT2D eigenvalue weighted by molar-refractivity contribution is 7.07. The zero-order valence-corrected chi connectivity index (χ0v) is 17.8. The van der Waals surface area contributed by atoms with E-state index in [0.29, 0.717) is 23.7 Å². The van der Waals surface area contributed by atoms with Crippen molar-refractivity contribution in [3.05, 3.63) is 81.5 Å². The van der Waals surface area contributed by atoms with Crippen LogP contribution in [0.2, 0.25) is 0 Å². The highest BCUT2D eigenvalue weighted by Crippen LogP contribution is 2.33. The van der Waals surface area contributed by atoms with Crippen LogP contribution in [0.5, 0.6) is 11.5 Å². The molecule has 0 saturated heterocycles. The maximum Gasteiger partial charge on any atom is 0.173 e. The molecule has 0 amide bonds. The predicted molar refractivity (Wildman–Crippen MR) is 116 cm³/mol. The van der Waals surface area contributed by atoms with Crippen molar-refractivity contribution in [3.63, 3.8) is 0 Å². The molecule has 1 unspecified atom stereocenters. The molecule has 0 aliphatic carbocycles. The molecule has 0 fully saturated rings. The molecule has 8 heteroatoms. The lowest BCUT2D eigenvalue weighted by Gasteiger charge is -2.23. The van der Waals surface area contributed by atoms with Crippen molar-refractivity contribution >= 4 is 23.1 Å². The van der Waals surface area contributed by atoms with E-state index < -0.39 is 12.1 Å². The molecule has 7 nitrogen and oxygen atoms in total. The van der Waals surface area contributed by atoms with E-state index >= 15 is 0 Å². The third kappa shape index (κ3) is 5.99. The smallest absolute Gasteiger partial charge is 0.173 e. The van der Waals surface area contributed by atoms with Gasteiger partial charge in [0.1, 0.15) is 24.2 Å². The monoisotopic (exact) mass is 439 g/mol. The SMILES string of the molecule is Cc1ccccc1C(CCC(=O)[O-])Oc1cc(OCc2ccsc2)ccc1/C(N)=N/O. The Bertz CT molecular complexity index is 1050. The van der Waals surface area contributed by atoms with Gasteiger partial charge in [-0.3, -0.25) is 0 Å². The molecule has 0 radical (unpaired) electrons. The largest absolute Gasteiger partial charge is 0.550 e. The maximum atomic E-state index is 11.1. The first-order valence-corrected chi connectivity index (χ1v) is 10.6. The van der Waals surface area contributed by atoms with Gasteiger partial charge in [0.05, 0.1) is 5.56 Å². The van der Waals surface area contributed by atoms with Crippen molar-refractivity contribution < 1.29 is 24.6 Å². The first-order chi connectivity index (χ1) is 15.0. The van der Waals surface area contributed by atoms with Gasteiger partial charge in [0.2, 0.25) is 0 Å². The van der Waals surface area contributed by atoms with Crippen molar-refractivity contribution in [3.8, 4) is 11.5 Å². The Morgan fingerprint density at radius 3 is 2.74 bits per heavy atom. The van der Waals surface area contributed by atoms with Crippen molar-refractivity contribution in [2.24, 2.45) is 10.9 Å². The number of nitrogens with two attached hydrogens (primary N) is 1. The number of aliphatic carboxylic acids is 1. The standard InChI is InChI=1S/C23H24N2O5S/c1-15-4-2-3-5-18(15)20(8-9-22(26)27)30-21-12-17(6-7-19(21)23(24)25-28)29-13-16-10-11-31-14-16/h2-7,10-12,14,20,28H,8-9,13H2,1H3,(H2,24,25)(H,26,27)/p-1. The first-order valence-electron chi connectivity index (χ1n) is 9.65. The summed E-state index contributed by atoms with van der Waals surface area (Å²) < 4.78 is 12.1. The van der Waals surface area contributed by atoms with Crippen molar-refractivity contribution in [1.82, 2.24) is 0 Å². The normalized spacial score (nSPS) is 12.4. The lowest BCUT2D eigenvalue weighted by atomic mass is 9.99. The molecule has 0 spiro atoms. The molecule has 162 valence electrons. The molecule has 0 bridgehead atoms. The van der Waals surface area contributed by atoms with Crippen LogP contribution < -0.4 is 20.3 Å². The minimum atomic E-state index is -1.16. The lowest BCUT2D eigenvalue weighted by molar-refractivity contribution is -0.306. The molecular formula is C23H23N2O5S-. The summed E-state index contributed by atoms with van der Waals surface area (Å²) in [7, 11) is 0. The minimum Gasteiger partial charge on any atom is -0.550 e. The molecule has 0 aliphatic rings. The van der Waals surface area contributed by atoms with Crippen molar-refractivity contribution in [1.29, 1.82) is 0 Å². The Hall–Kier alpha value is -3.52. The summed E-state index contributed by atoms with van der Waals surface area (Å²) in [5, 5.41) is 27.3. The third-order valence-electron chi connectivity index (χ3n) is 4.74. The average molecular weight is 440 g/mol. The Kier molecular flexibility index (Phi) is 7.50. The number of rotatable bonds is 10. The van der Waals surface area contributed by atoms with Crippen LogP contribution in [0.3, 0.4) is 0 Å². The Morgan fingerprint density at radius 2 is 2.06 bits per heavy atom. The molecule has 2 aromatic carbocycles. The minimum absolute atomic E-state index is 0.122. The first kappa shape index (κ1) is 22.2. The van der Waals surface area contributed by atoms with Crippen LogP contribution in [-0.4, -0.2) is 17.0 Å². The summed E-state index contributed by atoms with van der Waals surface area (Å²) in [6.07, 6.45) is -0.550. The lowest BCUT2D eigenvalue weighted by Crippen LogP contribution is -2.24. The summed E-state index contributed by atoms with van der Waals surface area (Å²) in [4.78, 5) is 11.1. The van der Waals surface area contributed by atoms with E-state index in [1.807, 2.05) is 48.0 Å². The second-order valence-corrected chi connectivity index (χ2v) is 7.72. The van der Waals surface area contributed by atoms with Gasteiger partial charge in [-0.05, 0) is 65.4 Å². The number of thiophene rings is 1. The molecule has 0 saturated carbocycles. The van der Waals surface area contributed by atoms with Crippen LogP contribution in [0.1, 0.15) is 41.2 Å². The zero-order chi connectivity index (χ0) is 22.2. The molecule has 1 aromatic heterocycles. The summed E-state index contributed by atoms with van der Waals surface area (Å²) in [5.74, 6) is -0.418. The number of oxime groups is 1. The van der Waals surface area contributed by atoms with Crippen LogP contribution in [0.25, 0.3) is 0 Å². The number of aryl methyl sites for hydroxylation is 1. The van der Waals surface area contributed by atoms with Gasteiger partial charge in [0.25, 0.3) is 0 Å². The van der Waals surface area contributed by atoms with Crippen LogP contribution in [-0.2, 0) is 11.4 Å². The van der Waals surface area contributed by atoms with E-state index in [-0.39, 0.29) is 18.7 Å². The summed E-state index contributed by atoms with van der Waals surface area (Å²) in [6.45, 7) is 2.31. The molecule has 3 N–H and O–H groups in total. The third-order valence-corrected chi connectivity index (χ3v) is 5.47. The highest BCUT2D eigenvalue weighted by Gasteiger charge is 2.19. The number of carbonyl (C=O) groups excluding carboxylic acids is 1. The van der Waals surface area contributed by atoms with E-state index in [1.54, 1.807) is 29.5 Å². The molecular weight excluding hydrogens is 416 g/mol. The molecule has 1 heterocycles. The quantitative estimate of drug-likeness (QED) is 0.216. The highest BCUT2D eigenvalue weighted by atomic mass is 32.1. The Balaban J connectivity index is 1.92. The Morgan fingerprint density at radius 1 is 1.26 bits per heavy atom. The number of amidine groups is 1. The molecule has 3 aromatic rings. The number of ether oxygens (including phenoxy) is 2. The fourth-order valence-corrected chi connectivity index (χ4v) is 3.78. The van der Waals surface area contributed by atoms with Gasteiger partial charge in [-0.15, -0.1) is 0 Å². The number of hydrogen-bond donors (Lipinski definition) is 2. The summed E-state index contributed by atoms with van der Waals surface area (Å²) >= 11 is 1.58. The zero-order valence-electron chi connectivity index (χ0n) is 17.0. The number of benzene rings is 2. The van der Waals surface area contributed by atoms with Crippen LogP contribution in [0, 0.1) is 6.92 Å². The number of carboxylic acid groups (broad SMARTS) is 1. The fourth-order valence-electron chi connectivity index (χ4n) is 3.13.